The Bertz CT molecular complexity index is 1150. The number of hydrogen-bond donors (Lipinski definition) is 2. The summed E-state index contributed by atoms with van der Waals surface area (Å²) in [5.74, 6) is -0.571. The predicted octanol–water partition coefficient (Wildman–Crippen LogP) is 4.71. The van der Waals surface area contributed by atoms with Crippen LogP contribution in [0.5, 0.6) is 0 Å². The highest BCUT2D eigenvalue weighted by Crippen LogP contribution is 2.69. The first kappa shape index (κ1) is 21.7. The number of nitro groups is 1. The molecule has 0 saturated heterocycles. The van der Waals surface area contributed by atoms with Gasteiger partial charge in [-0.1, -0.05) is 32.9 Å². The molecular weight excluding hydrogens is 408 g/mol. The van der Waals surface area contributed by atoms with E-state index < -0.39 is 21.2 Å². The number of benzene rings is 2. The summed E-state index contributed by atoms with van der Waals surface area (Å²) in [6.07, 6.45) is 1.12. The summed E-state index contributed by atoms with van der Waals surface area (Å²) in [4.78, 5) is 37.5. The van der Waals surface area contributed by atoms with Gasteiger partial charge in [-0.25, -0.2) is 0 Å². The van der Waals surface area contributed by atoms with Gasteiger partial charge in [0.15, 0.2) is 5.78 Å². The second-order valence-electron chi connectivity index (χ2n) is 9.39. The van der Waals surface area contributed by atoms with Crippen LogP contribution in [-0.4, -0.2) is 22.3 Å². The number of carbonyl (C=O) groups is 2. The third-order valence-electron chi connectivity index (χ3n) is 7.61. The number of ketones is 1. The fourth-order valence-electron chi connectivity index (χ4n) is 5.21. The number of hydrogen-bond acceptors (Lipinski definition) is 6. The number of nitrogens with one attached hydrogen (secondary N) is 2. The molecule has 2 aliphatic carbocycles. The van der Waals surface area contributed by atoms with Crippen molar-refractivity contribution in [3.8, 4) is 0 Å². The highest BCUT2D eigenvalue weighted by Gasteiger charge is 2.76. The number of fused-ring (bicyclic) bond motifs is 2. The molecule has 4 rings (SSSR count). The molecule has 1 amide bonds. The van der Waals surface area contributed by atoms with Gasteiger partial charge < -0.3 is 5.32 Å². The van der Waals surface area contributed by atoms with Gasteiger partial charge in [0.05, 0.1) is 10.6 Å². The molecule has 2 saturated carbocycles. The van der Waals surface area contributed by atoms with E-state index in [0.717, 1.165) is 5.56 Å². The van der Waals surface area contributed by atoms with Crippen LogP contribution in [0.25, 0.3) is 0 Å². The van der Waals surface area contributed by atoms with Crippen molar-refractivity contribution in [2.75, 3.05) is 10.7 Å². The Kier molecular flexibility index (Phi) is 4.91. The third-order valence-corrected chi connectivity index (χ3v) is 7.61. The van der Waals surface area contributed by atoms with Gasteiger partial charge in [-0.15, -0.1) is 0 Å². The third kappa shape index (κ3) is 2.93. The number of non-ortho nitro benzene ring substituents is 1. The zero-order valence-corrected chi connectivity index (χ0v) is 18.6. The van der Waals surface area contributed by atoms with Crippen molar-refractivity contribution in [2.24, 2.45) is 21.3 Å². The van der Waals surface area contributed by atoms with E-state index >= 15 is 0 Å². The molecule has 166 valence electrons. The van der Waals surface area contributed by atoms with E-state index in [0.29, 0.717) is 29.9 Å². The van der Waals surface area contributed by atoms with Crippen molar-refractivity contribution in [2.45, 2.75) is 40.5 Å². The molecule has 0 aliphatic heterocycles. The van der Waals surface area contributed by atoms with Crippen LogP contribution in [0.1, 0.15) is 39.2 Å². The monoisotopic (exact) mass is 434 g/mol. The van der Waals surface area contributed by atoms with Gasteiger partial charge in [0.25, 0.3) is 5.69 Å². The lowest BCUT2D eigenvalue weighted by molar-refractivity contribution is -0.384. The molecule has 2 aromatic rings. The standard InChI is InChI=1S/C24H26N4O4/c1-15-6-5-7-17(14-15)25-21(30)24-13-12-23(4,22(24,2)3)19(20(24)29)27-26-16-8-10-18(11-9-16)28(31)32/h5-11,14,26H,12-13H2,1-4H3,(H,25,30)/b27-19+. The van der Waals surface area contributed by atoms with Crippen LogP contribution in [0.4, 0.5) is 17.1 Å². The number of nitro benzene ring substituents is 1. The van der Waals surface area contributed by atoms with Crippen molar-refractivity contribution in [3.63, 3.8) is 0 Å². The van der Waals surface area contributed by atoms with E-state index in [-0.39, 0.29) is 17.4 Å². The maximum atomic E-state index is 13.7. The molecule has 0 aromatic heterocycles. The molecule has 0 heterocycles. The summed E-state index contributed by atoms with van der Waals surface area (Å²) in [6.45, 7) is 7.85. The highest BCUT2D eigenvalue weighted by molar-refractivity contribution is 6.51. The minimum absolute atomic E-state index is 0.0286. The molecule has 2 aliphatic rings. The Morgan fingerprint density at radius 1 is 1.06 bits per heavy atom. The van der Waals surface area contributed by atoms with Gasteiger partial charge in [0, 0.05) is 23.2 Å². The minimum Gasteiger partial charge on any atom is -0.325 e. The summed E-state index contributed by atoms with van der Waals surface area (Å²) in [5, 5.41) is 18.2. The second kappa shape index (κ2) is 7.25. The van der Waals surface area contributed by atoms with Gasteiger partial charge in [-0.05, 0) is 55.0 Å². The number of amides is 1. The average Bonchev–Trinajstić information content (AvgIpc) is 3.02. The Morgan fingerprint density at radius 2 is 1.75 bits per heavy atom. The van der Waals surface area contributed by atoms with Crippen LogP contribution in [0, 0.1) is 33.3 Å². The number of hydrazone groups is 1. The Balaban J connectivity index is 1.65. The largest absolute Gasteiger partial charge is 0.325 e. The van der Waals surface area contributed by atoms with Crippen LogP contribution in [0.3, 0.4) is 0 Å². The van der Waals surface area contributed by atoms with Gasteiger partial charge in [-0.2, -0.15) is 5.10 Å². The van der Waals surface area contributed by atoms with Crippen LogP contribution in [0.15, 0.2) is 53.6 Å². The lowest BCUT2D eigenvalue weighted by Gasteiger charge is -2.37. The van der Waals surface area contributed by atoms with Crippen molar-refractivity contribution in [1.82, 2.24) is 0 Å². The van der Waals surface area contributed by atoms with Gasteiger partial charge in [0.2, 0.25) is 5.91 Å². The highest BCUT2D eigenvalue weighted by atomic mass is 16.6. The summed E-state index contributed by atoms with van der Waals surface area (Å²) in [6, 6.07) is 13.3. The lowest BCUT2D eigenvalue weighted by atomic mass is 9.64. The Labute approximate surface area is 186 Å². The number of rotatable bonds is 5. The molecule has 2 atom stereocenters. The fraction of sp³-hybridized carbons (Fsp3) is 0.375. The van der Waals surface area contributed by atoms with E-state index in [2.05, 4.69) is 15.8 Å². The molecule has 32 heavy (non-hydrogen) atoms. The molecule has 0 radical (unpaired) electrons. The fourth-order valence-corrected chi connectivity index (χ4v) is 5.21. The summed E-state index contributed by atoms with van der Waals surface area (Å²) in [7, 11) is 0. The first-order chi connectivity index (χ1) is 15.0. The van der Waals surface area contributed by atoms with E-state index in [9.17, 15) is 19.7 Å². The first-order valence-electron chi connectivity index (χ1n) is 10.5. The number of Topliss-reactive ketones (excluding diaryl/α,β-unsaturated/α-hetero) is 1. The summed E-state index contributed by atoms with van der Waals surface area (Å²) >= 11 is 0. The van der Waals surface area contributed by atoms with Crippen molar-refractivity contribution in [3.05, 3.63) is 64.2 Å². The van der Waals surface area contributed by atoms with Crippen LogP contribution in [-0.2, 0) is 9.59 Å². The molecule has 0 spiro atoms. The minimum atomic E-state index is -1.21. The van der Waals surface area contributed by atoms with Crippen LogP contribution >= 0.6 is 0 Å². The predicted molar refractivity (Wildman–Crippen MR) is 123 cm³/mol. The normalized spacial score (nSPS) is 26.9. The second-order valence-corrected chi connectivity index (χ2v) is 9.39. The maximum Gasteiger partial charge on any atom is 0.269 e. The molecule has 2 unspecified atom stereocenters. The van der Waals surface area contributed by atoms with Crippen molar-refractivity contribution >= 4 is 34.5 Å². The maximum absolute atomic E-state index is 13.7. The van der Waals surface area contributed by atoms with E-state index in [1.807, 2.05) is 52.0 Å². The lowest BCUT2D eigenvalue weighted by Crippen LogP contribution is -2.47. The Hall–Kier alpha value is -3.55. The molecule has 8 nitrogen and oxygen atoms in total. The summed E-state index contributed by atoms with van der Waals surface area (Å²) in [5.41, 5.74) is 2.95. The Morgan fingerprint density at radius 3 is 2.38 bits per heavy atom. The van der Waals surface area contributed by atoms with Gasteiger partial charge in [0.1, 0.15) is 11.1 Å². The zero-order chi connectivity index (χ0) is 23.3. The smallest absolute Gasteiger partial charge is 0.269 e. The molecule has 2 aromatic carbocycles. The molecular formula is C24H26N4O4. The van der Waals surface area contributed by atoms with Crippen LogP contribution in [0.2, 0.25) is 0 Å². The number of carbonyl (C=O) groups excluding carboxylic acids is 2. The van der Waals surface area contributed by atoms with E-state index in [4.69, 9.17) is 0 Å². The molecule has 2 fully saturated rings. The first-order valence-corrected chi connectivity index (χ1v) is 10.5. The van der Waals surface area contributed by atoms with Gasteiger partial charge >= 0.3 is 0 Å². The topological polar surface area (TPSA) is 114 Å². The zero-order valence-electron chi connectivity index (χ0n) is 18.6. The van der Waals surface area contributed by atoms with E-state index in [1.54, 1.807) is 0 Å². The van der Waals surface area contributed by atoms with Crippen LogP contribution < -0.4 is 10.7 Å². The van der Waals surface area contributed by atoms with Gasteiger partial charge in [-0.3, -0.25) is 25.1 Å². The van der Waals surface area contributed by atoms with Crippen molar-refractivity contribution in [1.29, 1.82) is 0 Å². The molecule has 2 N–H and O–H groups in total. The SMILES string of the molecule is Cc1cccc(NC(=O)C23CCC(C)(/C(=N/Nc4ccc([N+](=O)[O-])cc4)C2=O)C3(C)C)c1. The quantitative estimate of drug-likeness (QED) is 0.402. The van der Waals surface area contributed by atoms with E-state index in [1.165, 1.54) is 24.3 Å². The molecule has 2 bridgehead atoms. The number of aryl methyl sites for hydroxylation is 1. The average molecular weight is 434 g/mol. The number of nitrogens with zero attached hydrogens (tertiary/aromatic N) is 2. The van der Waals surface area contributed by atoms with Crippen molar-refractivity contribution < 1.29 is 14.5 Å². The molecule has 8 heteroatoms. The number of anilines is 2. The summed E-state index contributed by atoms with van der Waals surface area (Å²) < 4.78 is 0.